The van der Waals surface area contributed by atoms with Crippen LogP contribution < -0.4 is 11.1 Å². The Balaban J connectivity index is 0.00000220. The van der Waals surface area contributed by atoms with Gasteiger partial charge in [-0.15, -0.1) is 24.0 Å². The number of carbonyl (C=O) groups excluding carboxylic acids is 1. The molecule has 0 aromatic rings. The second-order valence-electron chi connectivity index (χ2n) is 6.33. The predicted octanol–water partition coefficient (Wildman–Crippen LogP) is 0.804. The molecule has 1 unspecified atom stereocenters. The number of guanidine groups is 1. The first-order valence-corrected chi connectivity index (χ1v) is 7.34. The van der Waals surface area contributed by atoms with E-state index < -0.39 is 0 Å². The van der Waals surface area contributed by atoms with Crippen molar-refractivity contribution in [3.63, 3.8) is 0 Å². The highest BCUT2D eigenvalue weighted by molar-refractivity contribution is 14.0. The zero-order chi connectivity index (χ0) is 14.6. The molecule has 7 heteroatoms. The number of amides is 1. The van der Waals surface area contributed by atoms with Gasteiger partial charge >= 0.3 is 0 Å². The number of halogens is 1. The molecule has 6 nitrogen and oxygen atoms in total. The number of hydrogen-bond acceptors (Lipinski definition) is 3. The van der Waals surface area contributed by atoms with E-state index in [2.05, 4.69) is 22.1 Å². The van der Waals surface area contributed by atoms with E-state index in [1.54, 1.807) is 7.05 Å². The van der Waals surface area contributed by atoms with Crippen LogP contribution in [0.2, 0.25) is 0 Å². The smallest absolute Gasteiger partial charge is 0.217 e. The van der Waals surface area contributed by atoms with Crippen LogP contribution in [0.15, 0.2) is 4.99 Å². The Morgan fingerprint density at radius 1 is 1.52 bits per heavy atom. The Labute approximate surface area is 143 Å². The molecule has 0 bridgehead atoms. The summed E-state index contributed by atoms with van der Waals surface area (Å²) in [7, 11) is 1.81. The SMILES string of the molecule is CN=C(NCC1(C)COC1)N1CCCC(CC(N)=O)C1.I. The van der Waals surface area contributed by atoms with Crippen molar-refractivity contribution in [1.29, 1.82) is 0 Å². The van der Waals surface area contributed by atoms with Gasteiger partial charge in [0, 0.05) is 38.5 Å². The molecule has 0 aliphatic carbocycles. The standard InChI is InChI=1S/C14H26N4O2.HI/c1-14(9-20-10-14)8-17-13(16-2)18-5-3-4-11(7-18)6-12(15)19;/h11H,3-10H2,1-2H3,(H2,15,19)(H,16,17);1H. The van der Waals surface area contributed by atoms with Gasteiger partial charge in [0.05, 0.1) is 13.2 Å². The number of carbonyl (C=O) groups is 1. The molecule has 2 aliphatic rings. The number of primary amides is 1. The van der Waals surface area contributed by atoms with Crippen LogP contribution in [0.5, 0.6) is 0 Å². The number of nitrogens with zero attached hydrogens (tertiary/aromatic N) is 2. The first-order valence-electron chi connectivity index (χ1n) is 7.34. The summed E-state index contributed by atoms with van der Waals surface area (Å²) >= 11 is 0. The van der Waals surface area contributed by atoms with Gasteiger partial charge in [0.1, 0.15) is 0 Å². The third-order valence-electron chi connectivity index (χ3n) is 4.09. The lowest BCUT2D eigenvalue weighted by Gasteiger charge is -2.40. The van der Waals surface area contributed by atoms with Crippen molar-refractivity contribution in [2.24, 2.45) is 22.1 Å². The van der Waals surface area contributed by atoms with E-state index in [9.17, 15) is 4.79 Å². The maximum Gasteiger partial charge on any atom is 0.217 e. The summed E-state index contributed by atoms with van der Waals surface area (Å²) in [6.45, 7) is 6.54. The van der Waals surface area contributed by atoms with Gasteiger partial charge in [0.15, 0.2) is 5.96 Å². The topological polar surface area (TPSA) is 80.0 Å². The summed E-state index contributed by atoms with van der Waals surface area (Å²) in [4.78, 5) is 17.7. The number of likely N-dealkylation sites (tertiary alicyclic amines) is 1. The van der Waals surface area contributed by atoms with Gasteiger partial charge in [-0.3, -0.25) is 9.79 Å². The lowest BCUT2D eigenvalue weighted by molar-refractivity contribution is -0.119. The van der Waals surface area contributed by atoms with Crippen LogP contribution in [-0.4, -0.2) is 56.7 Å². The fourth-order valence-corrected chi connectivity index (χ4v) is 2.89. The highest BCUT2D eigenvalue weighted by atomic mass is 127. The van der Waals surface area contributed by atoms with Crippen molar-refractivity contribution in [2.45, 2.75) is 26.2 Å². The monoisotopic (exact) mass is 410 g/mol. The van der Waals surface area contributed by atoms with Crippen molar-refractivity contribution >= 4 is 35.8 Å². The fraction of sp³-hybridized carbons (Fsp3) is 0.857. The highest BCUT2D eigenvalue weighted by Gasteiger charge is 2.34. The van der Waals surface area contributed by atoms with E-state index >= 15 is 0 Å². The maximum atomic E-state index is 11.1. The van der Waals surface area contributed by atoms with Gasteiger partial charge in [-0.05, 0) is 18.8 Å². The normalized spacial score (nSPS) is 24.8. The van der Waals surface area contributed by atoms with Gasteiger partial charge < -0.3 is 20.7 Å². The average molecular weight is 410 g/mol. The van der Waals surface area contributed by atoms with Gasteiger partial charge in [-0.1, -0.05) is 6.92 Å². The first kappa shape index (κ1) is 18.5. The molecule has 0 aromatic carbocycles. The second-order valence-corrected chi connectivity index (χ2v) is 6.33. The molecule has 122 valence electrons. The van der Waals surface area contributed by atoms with Crippen LogP contribution in [0, 0.1) is 11.3 Å². The Hall–Kier alpha value is -0.570. The van der Waals surface area contributed by atoms with Crippen LogP contribution >= 0.6 is 24.0 Å². The Kier molecular flexibility index (Phi) is 7.19. The number of rotatable bonds is 4. The van der Waals surface area contributed by atoms with Crippen molar-refractivity contribution in [2.75, 3.05) is 39.9 Å². The molecular formula is C14H27IN4O2. The number of hydrogen-bond donors (Lipinski definition) is 2. The lowest BCUT2D eigenvalue weighted by Crippen LogP contribution is -2.53. The summed E-state index contributed by atoms with van der Waals surface area (Å²) in [6.07, 6.45) is 2.63. The number of ether oxygens (including phenoxy) is 1. The summed E-state index contributed by atoms with van der Waals surface area (Å²) in [5.74, 6) is 1.06. The number of nitrogens with two attached hydrogens (primary N) is 1. The highest BCUT2D eigenvalue weighted by Crippen LogP contribution is 2.25. The number of piperidine rings is 1. The second kappa shape index (κ2) is 8.17. The minimum Gasteiger partial charge on any atom is -0.380 e. The summed E-state index contributed by atoms with van der Waals surface area (Å²) in [6, 6.07) is 0. The van der Waals surface area contributed by atoms with E-state index in [4.69, 9.17) is 10.5 Å². The molecule has 21 heavy (non-hydrogen) atoms. The zero-order valence-electron chi connectivity index (χ0n) is 12.9. The van der Waals surface area contributed by atoms with Crippen LogP contribution in [0.25, 0.3) is 0 Å². The lowest BCUT2D eigenvalue weighted by atomic mass is 9.89. The van der Waals surface area contributed by atoms with E-state index in [0.717, 1.165) is 51.6 Å². The molecule has 0 spiro atoms. The molecule has 1 atom stereocenters. The van der Waals surface area contributed by atoms with E-state index in [1.807, 2.05) is 0 Å². The van der Waals surface area contributed by atoms with Crippen LogP contribution in [0.1, 0.15) is 26.2 Å². The van der Waals surface area contributed by atoms with Crippen molar-refractivity contribution in [3.8, 4) is 0 Å². The van der Waals surface area contributed by atoms with Crippen LogP contribution in [0.3, 0.4) is 0 Å². The molecule has 0 saturated carbocycles. The molecule has 0 aromatic heterocycles. The number of nitrogens with one attached hydrogen (secondary N) is 1. The van der Waals surface area contributed by atoms with Gasteiger partial charge in [-0.2, -0.15) is 0 Å². The van der Waals surface area contributed by atoms with Crippen molar-refractivity contribution in [3.05, 3.63) is 0 Å². The Morgan fingerprint density at radius 2 is 2.24 bits per heavy atom. The summed E-state index contributed by atoms with van der Waals surface area (Å²) in [5.41, 5.74) is 5.52. The van der Waals surface area contributed by atoms with Crippen molar-refractivity contribution < 1.29 is 9.53 Å². The summed E-state index contributed by atoms with van der Waals surface area (Å²) < 4.78 is 5.27. The van der Waals surface area contributed by atoms with Crippen LogP contribution in [0.4, 0.5) is 0 Å². The minimum atomic E-state index is -0.209. The van der Waals surface area contributed by atoms with Gasteiger partial charge in [0.25, 0.3) is 0 Å². The first-order chi connectivity index (χ1) is 9.52. The minimum absolute atomic E-state index is 0. The maximum absolute atomic E-state index is 11.1. The molecule has 0 radical (unpaired) electrons. The molecular weight excluding hydrogens is 383 g/mol. The molecule has 3 N–H and O–H groups in total. The fourth-order valence-electron chi connectivity index (χ4n) is 2.89. The van der Waals surface area contributed by atoms with E-state index in [-0.39, 0.29) is 35.3 Å². The molecule has 2 fully saturated rings. The van der Waals surface area contributed by atoms with E-state index in [0.29, 0.717) is 12.3 Å². The Morgan fingerprint density at radius 3 is 2.76 bits per heavy atom. The summed E-state index contributed by atoms with van der Waals surface area (Å²) in [5, 5.41) is 3.44. The van der Waals surface area contributed by atoms with E-state index in [1.165, 1.54) is 0 Å². The molecule has 1 amide bonds. The molecule has 2 aliphatic heterocycles. The molecule has 2 rings (SSSR count). The average Bonchev–Trinajstić information content (AvgIpc) is 2.37. The quantitative estimate of drug-likeness (QED) is 0.408. The Bertz CT molecular complexity index is 385. The third-order valence-corrected chi connectivity index (χ3v) is 4.09. The number of aliphatic imine (C=N–C) groups is 1. The third kappa shape index (κ3) is 5.28. The molecule has 2 heterocycles. The van der Waals surface area contributed by atoms with Gasteiger partial charge in [0.2, 0.25) is 5.91 Å². The van der Waals surface area contributed by atoms with Gasteiger partial charge in [-0.25, -0.2) is 0 Å². The van der Waals surface area contributed by atoms with Crippen LogP contribution in [-0.2, 0) is 9.53 Å². The predicted molar refractivity (Wildman–Crippen MR) is 93.8 cm³/mol. The van der Waals surface area contributed by atoms with Crippen molar-refractivity contribution in [1.82, 2.24) is 10.2 Å². The largest absolute Gasteiger partial charge is 0.380 e. The molecule has 2 saturated heterocycles. The zero-order valence-corrected chi connectivity index (χ0v) is 15.3.